The summed E-state index contributed by atoms with van der Waals surface area (Å²) in [4.78, 5) is 57.2. The van der Waals surface area contributed by atoms with Crippen molar-refractivity contribution in [1.29, 1.82) is 0 Å². The van der Waals surface area contributed by atoms with Crippen molar-refractivity contribution < 1.29 is 42.1 Å². The number of likely N-dealkylation sites (tertiary alicyclic amines) is 1. The number of hydrogen-bond donors (Lipinski definition) is 4. The Balaban J connectivity index is 0.767. The molecule has 14 nitrogen and oxygen atoms in total. The molecule has 388 valence electrons. The number of amides is 3. The lowest BCUT2D eigenvalue weighted by molar-refractivity contribution is -0.144. The first kappa shape index (κ1) is 52.9. The maximum Gasteiger partial charge on any atom is 0.246 e. The maximum absolute atomic E-state index is 16.2. The third kappa shape index (κ3) is 12.5. The number of H-pyrrole nitrogens is 1. The highest BCUT2D eigenvalue weighted by Gasteiger charge is 2.45. The highest BCUT2D eigenvalue weighted by atomic mass is 32.1. The van der Waals surface area contributed by atoms with Gasteiger partial charge in [0.1, 0.15) is 48.4 Å². The van der Waals surface area contributed by atoms with E-state index in [1.165, 1.54) is 30.9 Å². The molecular formula is C54H69F3N8O6S. The highest BCUT2D eigenvalue weighted by molar-refractivity contribution is 7.13. The molecule has 0 saturated carbocycles. The van der Waals surface area contributed by atoms with Gasteiger partial charge in [-0.1, -0.05) is 63.2 Å². The van der Waals surface area contributed by atoms with Gasteiger partial charge in [0.2, 0.25) is 17.7 Å². The van der Waals surface area contributed by atoms with Crippen molar-refractivity contribution in [3.05, 3.63) is 106 Å². The minimum atomic E-state index is -1.60. The zero-order valence-electron chi connectivity index (χ0n) is 42.4. The van der Waals surface area contributed by atoms with E-state index in [0.717, 1.165) is 64.3 Å². The minimum Gasteiger partial charge on any atom is -0.492 e. The number of ether oxygens (including phenoxy) is 2. The van der Waals surface area contributed by atoms with Crippen LogP contribution in [0.4, 0.5) is 13.2 Å². The van der Waals surface area contributed by atoms with E-state index in [9.17, 15) is 19.5 Å². The molecule has 3 aliphatic heterocycles. The molecule has 3 aliphatic rings. The smallest absolute Gasteiger partial charge is 0.246 e. The molecule has 3 amide bonds. The number of aromatic amines is 1. The van der Waals surface area contributed by atoms with Gasteiger partial charge in [0.05, 0.1) is 34.8 Å². The number of carbonyl (C=O) groups excluding carboxylic acids is 3. The number of aliphatic hydroxyl groups is 1. The molecule has 72 heavy (non-hydrogen) atoms. The molecule has 2 aromatic heterocycles. The number of benzene rings is 3. The number of aromatic nitrogens is 2. The summed E-state index contributed by atoms with van der Waals surface area (Å²) in [6, 6.07) is 15.2. The lowest BCUT2D eigenvalue weighted by Crippen LogP contribution is -2.58. The molecule has 5 heterocycles. The lowest BCUT2D eigenvalue weighted by atomic mass is 9.85. The van der Waals surface area contributed by atoms with Crippen molar-refractivity contribution in [3.63, 3.8) is 0 Å². The molecule has 18 heteroatoms. The van der Waals surface area contributed by atoms with Crippen molar-refractivity contribution in [2.45, 2.75) is 104 Å². The zero-order valence-corrected chi connectivity index (χ0v) is 43.2. The topological polar surface area (TPSA) is 156 Å². The predicted octanol–water partition coefficient (Wildman–Crippen LogP) is 6.78. The van der Waals surface area contributed by atoms with Crippen LogP contribution in [-0.2, 0) is 32.1 Å². The average Bonchev–Trinajstić information content (AvgIpc) is 4.05. The first-order chi connectivity index (χ1) is 34.2. The van der Waals surface area contributed by atoms with Crippen LogP contribution in [0, 0.1) is 24.0 Å². The molecule has 4 N–H and O–H groups in total. The van der Waals surface area contributed by atoms with Crippen LogP contribution in [0.25, 0.3) is 21.3 Å². The number of alkyl halides is 1. The Kier molecular flexibility index (Phi) is 16.5. The van der Waals surface area contributed by atoms with Crippen LogP contribution in [0.2, 0.25) is 0 Å². The average molecular weight is 1020 g/mol. The maximum atomic E-state index is 16.2. The molecule has 0 radical (unpaired) electrons. The molecule has 5 aromatic rings. The number of aliphatic hydroxyl groups excluding tert-OH is 1. The van der Waals surface area contributed by atoms with Crippen LogP contribution in [-0.4, -0.2) is 154 Å². The number of hydrogen-bond acceptors (Lipinski definition) is 11. The van der Waals surface area contributed by atoms with Gasteiger partial charge in [-0.15, -0.1) is 11.3 Å². The van der Waals surface area contributed by atoms with E-state index >= 15 is 13.2 Å². The summed E-state index contributed by atoms with van der Waals surface area (Å²) < 4.78 is 59.3. The van der Waals surface area contributed by atoms with E-state index in [0.29, 0.717) is 25.2 Å². The summed E-state index contributed by atoms with van der Waals surface area (Å²) in [6.07, 6.45) is -0.177. The fourth-order valence-electron chi connectivity index (χ4n) is 10.3. The Morgan fingerprint density at radius 2 is 1.62 bits per heavy atom. The number of piperazine rings is 1. The first-order valence-electron chi connectivity index (χ1n) is 25.0. The number of β-amino-alcohol motifs (C(OH)–C–C–N with tert-alkyl or cyclic N) is 1. The standard InChI is InChI=1S/C54H69F3N8O6S/c1-33-24-40-39-10-8-9-11-43(39)60-47(40)48(65(33)31-54(6,7)57)46-41(55)26-38(27-42(46)56)71-23-21-63-18-16-62(17-19-63)20-22-70-30-45(67)61-50(53(3,4)5)52(69)64-29-37(66)25-44(64)51(68)58-28-35-12-14-36(15-13-35)49-34(2)59-32-72-49/h8-15,26-27,32-33,37,44,48,50,60,66H,16-25,28-31H2,1-7H3,(H,58,68)(H,61,67)/t33-,37-,44+,48-,50-/m1/s1. The fraction of sp³-hybridized carbons (Fsp3) is 0.519. The number of para-hydroxylation sites is 1. The number of halogens is 3. The Morgan fingerprint density at radius 1 is 0.958 bits per heavy atom. The quantitative estimate of drug-likeness (QED) is 0.0691. The van der Waals surface area contributed by atoms with E-state index in [1.54, 1.807) is 11.3 Å². The van der Waals surface area contributed by atoms with Crippen LogP contribution in [0.5, 0.6) is 5.75 Å². The minimum absolute atomic E-state index is 0.00511. The van der Waals surface area contributed by atoms with Crippen LogP contribution >= 0.6 is 11.3 Å². The van der Waals surface area contributed by atoms with Gasteiger partial charge in [0, 0.05) is 106 Å². The summed E-state index contributed by atoms with van der Waals surface area (Å²) in [5, 5.41) is 17.4. The highest BCUT2D eigenvalue weighted by Crippen LogP contribution is 2.44. The van der Waals surface area contributed by atoms with Gasteiger partial charge in [0.25, 0.3) is 0 Å². The van der Waals surface area contributed by atoms with E-state index in [2.05, 4.69) is 30.4 Å². The van der Waals surface area contributed by atoms with Crippen LogP contribution in [0.1, 0.15) is 82.1 Å². The van der Waals surface area contributed by atoms with E-state index in [1.807, 2.05) is 93.6 Å². The van der Waals surface area contributed by atoms with Gasteiger partial charge < -0.3 is 35.1 Å². The first-order valence-corrected chi connectivity index (χ1v) is 25.9. The molecule has 0 unspecified atom stereocenters. The molecule has 3 aromatic carbocycles. The third-order valence-corrected chi connectivity index (χ3v) is 15.0. The summed E-state index contributed by atoms with van der Waals surface area (Å²) in [6.45, 7) is 17.0. The molecule has 2 saturated heterocycles. The van der Waals surface area contributed by atoms with Gasteiger partial charge in [-0.05, 0) is 62.3 Å². The fourth-order valence-corrected chi connectivity index (χ4v) is 11.1. The van der Waals surface area contributed by atoms with Crippen molar-refractivity contribution in [2.24, 2.45) is 5.41 Å². The Bertz CT molecular complexity index is 2670. The van der Waals surface area contributed by atoms with Gasteiger partial charge in [-0.3, -0.25) is 29.1 Å². The third-order valence-electron chi connectivity index (χ3n) is 14.0. The number of thiazole rings is 1. The second-order valence-electron chi connectivity index (χ2n) is 21.2. The van der Waals surface area contributed by atoms with E-state index in [4.69, 9.17) is 9.47 Å². The van der Waals surface area contributed by atoms with Crippen LogP contribution in [0.15, 0.2) is 66.2 Å². The van der Waals surface area contributed by atoms with Crippen LogP contribution in [0.3, 0.4) is 0 Å². The summed E-state index contributed by atoms with van der Waals surface area (Å²) >= 11 is 1.57. The molecule has 5 atom stereocenters. The molecule has 0 bridgehead atoms. The Hall–Kier alpha value is -5.37. The summed E-state index contributed by atoms with van der Waals surface area (Å²) in [5.41, 5.74) is 4.79. The zero-order chi connectivity index (χ0) is 51.5. The van der Waals surface area contributed by atoms with Crippen molar-refractivity contribution in [2.75, 3.05) is 72.2 Å². The van der Waals surface area contributed by atoms with E-state index in [-0.39, 0.29) is 69.1 Å². The largest absolute Gasteiger partial charge is 0.492 e. The van der Waals surface area contributed by atoms with Crippen LogP contribution < -0.4 is 15.4 Å². The monoisotopic (exact) mass is 1010 g/mol. The van der Waals surface area contributed by atoms with Crippen molar-refractivity contribution in [1.82, 2.24) is 40.2 Å². The number of nitrogens with zero attached hydrogens (tertiary/aromatic N) is 5. The molecule has 2 fully saturated rings. The van der Waals surface area contributed by atoms with Crippen molar-refractivity contribution >= 4 is 40.0 Å². The number of aryl methyl sites for hydroxylation is 1. The van der Waals surface area contributed by atoms with E-state index < -0.39 is 58.8 Å². The Labute approximate surface area is 424 Å². The molecule has 0 aliphatic carbocycles. The number of nitrogens with one attached hydrogen (secondary N) is 3. The Morgan fingerprint density at radius 3 is 2.26 bits per heavy atom. The molecular weight excluding hydrogens is 946 g/mol. The molecule has 8 rings (SSSR count). The van der Waals surface area contributed by atoms with Crippen molar-refractivity contribution in [3.8, 4) is 16.2 Å². The molecule has 0 spiro atoms. The SMILES string of the molecule is Cc1ncsc1-c1ccc(CNC(=O)[C@@H]2C[C@@H](O)CN2C(=O)[C@@H](NC(=O)COCCN2CCN(CCOc3cc(F)c([C@@H]4c5[nH]c6ccccc6c5C[C@@H](C)N4CC(C)(C)F)c(F)c3)CC2)C(C)(C)C)cc1. The normalized spacial score (nSPS) is 20.7. The second-order valence-corrected chi connectivity index (χ2v) is 22.1. The van der Waals surface area contributed by atoms with Gasteiger partial charge in [-0.25, -0.2) is 18.2 Å². The number of fused-ring (bicyclic) bond motifs is 3. The predicted molar refractivity (Wildman–Crippen MR) is 272 cm³/mol. The van der Waals surface area contributed by atoms with Gasteiger partial charge in [-0.2, -0.15) is 0 Å². The van der Waals surface area contributed by atoms with Gasteiger partial charge >= 0.3 is 0 Å². The summed E-state index contributed by atoms with van der Waals surface area (Å²) in [5.74, 6) is -2.70. The second kappa shape index (κ2) is 22.4. The van der Waals surface area contributed by atoms with Gasteiger partial charge in [0.15, 0.2) is 0 Å². The lowest BCUT2D eigenvalue weighted by Gasteiger charge is -2.43. The number of carbonyl (C=O) groups is 3. The number of rotatable bonds is 18. The summed E-state index contributed by atoms with van der Waals surface area (Å²) in [7, 11) is 0.